The predicted molar refractivity (Wildman–Crippen MR) is 78.7 cm³/mol. The Morgan fingerprint density at radius 2 is 2.24 bits per heavy atom. The molecule has 1 aliphatic rings. The molecule has 3 rings (SSSR count). The van der Waals surface area contributed by atoms with E-state index >= 15 is 0 Å². The van der Waals surface area contributed by atoms with Crippen molar-refractivity contribution in [1.29, 1.82) is 5.26 Å². The third-order valence-corrected chi connectivity index (χ3v) is 3.93. The summed E-state index contributed by atoms with van der Waals surface area (Å²) in [5.41, 5.74) is 8.79. The number of rotatable bonds is 2. The summed E-state index contributed by atoms with van der Waals surface area (Å²) in [6.45, 7) is 2.01. The number of ether oxygens (including phenoxy) is 1. The lowest BCUT2D eigenvalue weighted by atomic mass is 9.83. The van der Waals surface area contributed by atoms with Crippen LogP contribution in [0.4, 0.5) is 0 Å². The van der Waals surface area contributed by atoms with Gasteiger partial charge in [0.05, 0.1) is 11.5 Å². The van der Waals surface area contributed by atoms with Gasteiger partial charge in [0.2, 0.25) is 11.8 Å². The van der Waals surface area contributed by atoms with E-state index in [1.165, 1.54) is 0 Å². The average molecular weight is 301 g/mol. The van der Waals surface area contributed by atoms with Gasteiger partial charge in [-0.05, 0) is 18.1 Å². The minimum Gasteiger partial charge on any atom is -0.420 e. The maximum absolute atomic E-state index is 9.47. The molecule has 2 heterocycles. The molecule has 6 heteroatoms. The van der Waals surface area contributed by atoms with Gasteiger partial charge >= 0.3 is 0 Å². The van der Waals surface area contributed by atoms with Crippen LogP contribution in [0.1, 0.15) is 29.7 Å². The quantitative estimate of drug-likeness (QED) is 0.892. The van der Waals surface area contributed by atoms with Crippen LogP contribution >= 0.6 is 11.6 Å². The van der Waals surface area contributed by atoms with E-state index in [-0.39, 0.29) is 11.8 Å². The molecule has 5 nitrogen and oxygen atoms in total. The minimum atomic E-state index is -0.360. The van der Waals surface area contributed by atoms with Crippen molar-refractivity contribution >= 4 is 11.6 Å². The molecule has 0 fully saturated rings. The molecule has 0 radical (unpaired) electrons. The van der Waals surface area contributed by atoms with Crippen molar-refractivity contribution in [3.63, 3.8) is 0 Å². The lowest BCUT2D eigenvalue weighted by Crippen LogP contribution is -2.21. The topological polar surface area (TPSA) is 87.7 Å². The fourth-order valence-corrected chi connectivity index (χ4v) is 2.84. The van der Waals surface area contributed by atoms with E-state index in [4.69, 9.17) is 22.1 Å². The van der Waals surface area contributed by atoms with E-state index in [0.717, 1.165) is 23.2 Å². The lowest BCUT2D eigenvalue weighted by Gasteiger charge is -2.24. The maximum Gasteiger partial charge on any atom is 0.244 e. The third kappa shape index (κ3) is 2.05. The van der Waals surface area contributed by atoms with Gasteiger partial charge in [0.1, 0.15) is 11.6 Å². The zero-order valence-corrected chi connectivity index (χ0v) is 12.1. The molecule has 2 aromatic rings. The van der Waals surface area contributed by atoms with Crippen molar-refractivity contribution in [3.05, 3.63) is 57.6 Å². The highest BCUT2D eigenvalue weighted by molar-refractivity contribution is 6.31. The first-order chi connectivity index (χ1) is 10.2. The highest BCUT2D eigenvalue weighted by Crippen LogP contribution is 2.44. The highest BCUT2D eigenvalue weighted by Gasteiger charge is 2.35. The lowest BCUT2D eigenvalue weighted by molar-refractivity contribution is 0.378. The molecule has 0 bridgehead atoms. The van der Waals surface area contributed by atoms with Gasteiger partial charge in [-0.25, -0.2) is 0 Å². The normalized spacial score (nSPS) is 17.1. The van der Waals surface area contributed by atoms with E-state index in [2.05, 4.69) is 16.3 Å². The second-order valence-corrected chi connectivity index (χ2v) is 5.13. The molecule has 0 aliphatic carbocycles. The largest absolute Gasteiger partial charge is 0.420 e. The Bertz CT molecular complexity index is 772. The summed E-state index contributed by atoms with van der Waals surface area (Å²) in [4.78, 5) is 0. The summed E-state index contributed by atoms with van der Waals surface area (Å²) in [6.07, 6.45) is 0.741. The predicted octanol–water partition coefficient (Wildman–Crippen LogP) is 2.84. The summed E-state index contributed by atoms with van der Waals surface area (Å²) in [5.74, 6) is 0.124. The van der Waals surface area contributed by atoms with Crippen LogP contribution in [-0.2, 0) is 6.42 Å². The number of aryl methyl sites for hydroxylation is 1. The molecule has 0 amide bonds. The average Bonchev–Trinajstić information content (AvgIpc) is 2.89. The van der Waals surface area contributed by atoms with Crippen LogP contribution < -0.4 is 10.5 Å². The molecule has 0 saturated heterocycles. The first-order valence-corrected chi connectivity index (χ1v) is 6.94. The number of hydrogen-bond donors (Lipinski definition) is 2. The van der Waals surface area contributed by atoms with Crippen LogP contribution in [0.25, 0.3) is 0 Å². The molecule has 3 N–H and O–H groups in total. The van der Waals surface area contributed by atoms with Crippen LogP contribution in [-0.4, -0.2) is 10.2 Å². The Morgan fingerprint density at radius 1 is 1.48 bits per heavy atom. The van der Waals surface area contributed by atoms with Crippen LogP contribution in [0.5, 0.6) is 5.88 Å². The molecule has 0 saturated carbocycles. The van der Waals surface area contributed by atoms with Crippen LogP contribution in [0.3, 0.4) is 0 Å². The highest BCUT2D eigenvalue weighted by atomic mass is 35.5. The van der Waals surface area contributed by atoms with Crippen molar-refractivity contribution in [3.8, 4) is 11.9 Å². The molecule has 1 atom stereocenters. The second-order valence-electron chi connectivity index (χ2n) is 4.72. The Labute approximate surface area is 127 Å². The van der Waals surface area contributed by atoms with Gasteiger partial charge in [0.25, 0.3) is 0 Å². The molecular formula is C15H13ClN4O. The fraction of sp³-hybridized carbons (Fsp3) is 0.200. The molecule has 106 valence electrons. The van der Waals surface area contributed by atoms with Crippen LogP contribution in [0.2, 0.25) is 5.02 Å². The van der Waals surface area contributed by atoms with Crippen molar-refractivity contribution in [2.75, 3.05) is 0 Å². The Kier molecular flexibility index (Phi) is 3.32. The molecular weight excluding hydrogens is 288 g/mol. The molecule has 0 spiro atoms. The van der Waals surface area contributed by atoms with Gasteiger partial charge in [0.15, 0.2) is 0 Å². The van der Waals surface area contributed by atoms with Crippen LogP contribution in [0, 0.1) is 11.3 Å². The van der Waals surface area contributed by atoms with Crippen molar-refractivity contribution in [2.45, 2.75) is 19.3 Å². The van der Waals surface area contributed by atoms with Crippen molar-refractivity contribution < 1.29 is 4.74 Å². The Balaban J connectivity index is 2.28. The fourth-order valence-electron chi connectivity index (χ4n) is 2.60. The van der Waals surface area contributed by atoms with E-state index < -0.39 is 0 Å². The number of aromatic amines is 1. The number of benzene rings is 1. The Hall–Kier alpha value is -2.45. The van der Waals surface area contributed by atoms with E-state index in [9.17, 15) is 5.26 Å². The smallest absolute Gasteiger partial charge is 0.244 e. The van der Waals surface area contributed by atoms with Crippen LogP contribution in [0.15, 0.2) is 35.7 Å². The minimum absolute atomic E-state index is 0.0732. The van der Waals surface area contributed by atoms with E-state index in [0.29, 0.717) is 16.5 Å². The number of nitrogens with zero attached hydrogens (tertiary/aromatic N) is 2. The summed E-state index contributed by atoms with van der Waals surface area (Å²) >= 11 is 6.31. The number of hydrogen-bond acceptors (Lipinski definition) is 4. The summed E-state index contributed by atoms with van der Waals surface area (Å²) in [5, 5.41) is 17.1. The SMILES string of the molecule is CCc1[nH]nc2c1C(c1ccccc1Cl)C(C#N)=C(N)O2. The summed E-state index contributed by atoms with van der Waals surface area (Å²) in [7, 11) is 0. The van der Waals surface area contributed by atoms with E-state index in [1.807, 2.05) is 25.1 Å². The van der Waals surface area contributed by atoms with E-state index in [1.54, 1.807) is 6.07 Å². The number of nitriles is 1. The number of aromatic nitrogens is 2. The number of nitrogens with one attached hydrogen (secondary N) is 1. The van der Waals surface area contributed by atoms with Gasteiger partial charge < -0.3 is 10.5 Å². The number of halogens is 1. The maximum atomic E-state index is 9.47. The zero-order valence-electron chi connectivity index (χ0n) is 11.4. The van der Waals surface area contributed by atoms with Gasteiger partial charge in [-0.15, -0.1) is 5.10 Å². The third-order valence-electron chi connectivity index (χ3n) is 3.59. The monoisotopic (exact) mass is 300 g/mol. The summed E-state index contributed by atoms with van der Waals surface area (Å²) in [6, 6.07) is 9.55. The number of nitrogens with two attached hydrogens (primary N) is 1. The zero-order chi connectivity index (χ0) is 15.0. The molecule has 1 aromatic heterocycles. The second kappa shape index (κ2) is 5.15. The van der Waals surface area contributed by atoms with Gasteiger partial charge in [0, 0.05) is 10.7 Å². The van der Waals surface area contributed by atoms with Crippen molar-refractivity contribution in [1.82, 2.24) is 10.2 Å². The van der Waals surface area contributed by atoms with Gasteiger partial charge in [-0.2, -0.15) is 5.26 Å². The molecule has 1 unspecified atom stereocenters. The first kappa shape index (κ1) is 13.5. The van der Waals surface area contributed by atoms with Gasteiger partial charge in [-0.1, -0.05) is 36.7 Å². The summed E-state index contributed by atoms with van der Waals surface area (Å²) < 4.78 is 5.46. The molecule has 21 heavy (non-hydrogen) atoms. The standard InChI is InChI=1S/C15H13ClN4O/c1-2-11-13-12(8-5-3-4-6-10(8)16)9(7-17)14(18)21-15(13)20-19-11/h3-6,12H,2,18H2,1H3,(H,19,20). The molecule has 1 aliphatic heterocycles. The number of allylic oxidation sites excluding steroid dienone is 1. The van der Waals surface area contributed by atoms with Crippen molar-refractivity contribution in [2.24, 2.45) is 5.73 Å². The number of H-pyrrole nitrogens is 1. The van der Waals surface area contributed by atoms with Gasteiger partial charge in [-0.3, -0.25) is 5.10 Å². The Morgan fingerprint density at radius 3 is 2.90 bits per heavy atom. The molecule has 1 aromatic carbocycles. The first-order valence-electron chi connectivity index (χ1n) is 6.56. The number of fused-ring (bicyclic) bond motifs is 1.